The largest absolute Gasteiger partial charge is 0.484 e. The third-order valence-corrected chi connectivity index (χ3v) is 4.18. The minimum atomic E-state index is -0.570. The molecule has 0 heterocycles. The molecule has 0 spiro atoms. The standard InChI is InChI=1S/C22H22N4O7S/c1-2-13-32-21(29)16-6-10-18(11-7-16)33-14-20(28)24-25-22(34)23-19(27)12-5-15-3-8-17(9-4-15)26(30)31/h3-12H,2,13-14H2,1H3,(H,24,28)(H2,23,25,27,34)/b12-5+. The van der Waals surface area contributed by atoms with Gasteiger partial charge >= 0.3 is 5.97 Å². The average Bonchev–Trinajstić information content (AvgIpc) is 2.84. The van der Waals surface area contributed by atoms with E-state index in [4.69, 9.17) is 21.7 Å². The van der Waals surface area contributed by atoms with E-state index in [-0.39, 0.29) is 17.4 Å². The number of esters is 1. The van der Waals surface area contributed by atoms with Gasteiger partial charge in [-0.25, -0.2) is 4.79 Å². The minimum absolute atomic E-state index is 0.0594. The number of carbonyl (C=O) groups excluding carboxylic acids is 3. The van der Waals surface area contributed by atoms with Gasteiger partial charge in [0, 0.05) is 18.2 Å². The van der Waals surface area contributed by atoms with E-state index in [0.29, 0.717) is 23.5 Å². The van der Waals surface area contributed by atoms with Gasteiger partial charge in [-0.1, -0.05) is 6.92 Å². The van der Waals surface area contributed by atoms with Gasteiger partial charge in [0.15, 0.2) is 11.7 Å². The van der Waals surface area contributed by atoms with Crippen LogP contribution < -0.4 is 20.9 Å². The van der Waals surface area contributed by atoms with Gasteiger partial charge in [0.1, 0.15) is 5.75 Å². The second-order valence-corrected chi connectivity index (χ2v) is 7.03. The first-order chi connectivity index (χ1) is 16.3. The Morgan fingerprint density at radius 2 is 1.74 bits per heavy atom. The van der Waals surface area contributed by atoms with Crippen LogP contribution in [0.1, 0.15) is 29.3 Å². The number of non-ortho nitro benzene ring substituents is 1. The number of rotatable bonds is 9. The highest BCUT2D eigenvalue weighted by Crippen LogP contribution is 2.13. The quantitative estimate of drug-likeness (QED) is 0.159. The maximum atomic E-state index is 11.9. The van der Waals surface area contributed by atoms with Gasteiger partial charge in [-0.15, -0.1) is 0 Å². The number of nitro groups is 1. The Hall–Kier alpha value is -4.32. The summed E-state index contributed by atoms with van der Waals surface area (Å²) in [6.07, 6.45) is 3.35. The lowest BCUT2D eigenvalue weighted by molar-refractivity contribution is -0.384. The highest BCUT2D eigenvalue weighted by atomic mass is 32.1. The van der Waals surface area contributed by atoms with Crippen LogP contribution in [0.2, 0.25) is 0 Å². The molecule has 12 heteroatoms. The second-order valence-electron chi connectivity index (χ2n) is 6.62. The molecule has 0 radical (unpaired) electrons. The van der Waals surface area contributed by atoms with Crippen molar-refractivity contribution in [2.75, 3.05) is 13.2 Å². The molecule has 34 heavy (non-hydrogen) atoms. The van der Waals surface area contributed by atoms with Gasteiger partial charge in [0.05, 0.1) is 17.1 Å². The number of ether oxygens (including phenoxy) is 2. The van der Waals surface area contributed by atoms with Gasteiger partial charge in [0.25, 0.3) is 11.6 Å². The van der Waals surface area contributed by atoms with Crippen LogP contribution in [0.3, 0.4) is 0 Å². The summed E-state index contributed by atoms with van der Waals surface area (Å²) in [5.74, 6) is -1.20. The summed E-state index contributed by atoms with van der Waals surface area (Å²) in [4.78, 5) is 45.6. The number of nitrogens with zero attached hydrogens (tertiary/aromatic N) is 1. The molecule has 178 valence electrons. The Bertz CT molecular complexity index is 1070. The number of nitro benzene ring substituents is 1. The number of hydrogen-bond donors (Lipinski definition) is 3. The molecule has 0 unspecified atom stereocenters. The van der Waals surface area contributed by atoms with E-state index in [2.05, 4.69) is 16.2 Å². The zero-order chi connectivity index (χ0) is 24.9. The third-order valence-electron chi connectivity index (χ3n) is 3.98. The fourth-order valence-electron chi connectivity index (χ4n) is 2.34. The predicted octanol–water partition coefficient (Wildman–Crippen LogP) is 2.28. The van der Waals surface area contributed by atoms with Crippen LogP contribution in [0.4, 0.5) is 5.69 Å². The molecular weight excluding hydrogens is 464 g/mol. The van der Waals surface area contributed by atoms with E-state index in [9.17, 15) is 24.5 Å². The van der Waals surface area contributed by atoms with E-state index < -0.39 is 22.7 Å². The normalized spacial score (nSPS) is 10.3. The molecule has 0 fully saturated rings. The molecule has 0 saturated carbocycles. The molecule has 0 saturated heterocycles. The molecule has 2 aromatic carbocycles. The highest BCUT2D eigenvalue weighted by Gasteiger charge is 2.09. The van der Waals surface area contributed by atoms with Gasteiger partial charge in [-0.05, 0) is 66.7 Å². The van der Waals surface area contributed by atoms with Crippen molar-refractivity contribution in [2.45, 2.75) is 13.3 Å². The fraction of sp³-hybridized carbons (Fsp3) is 0.182. The summed E-state index contributed by atoms with van der Waals surface area (Å²) in [5.41, 5.74) is 5.52. The number of amides is 2. The molecule has 0 aliphatic rings. The van der Waals surface area contributed by atoms with Crippen LogP contribution in [0.25, 0.3) is 6.08 Å². The van der Waals surface area contributed by atoms with Crippen LogP contribution in [0.15, 0.2) is 54.6 Å². The molecule has 2 rings (SSSR count). The van der Waals surface area contributed by atoms with E-state index in [1.165, 1.54) is 60.7 Å². The topological polar surface area (TPSA) is 149 Å². The summed E-state index contributed by atoms with van der Waals surface area (Å²) < 4.78 is 10.3. The summed E-state index contributed by atoms with van der Waals surface area (Å²) in [6.45, 7) is 1.89. The van der Waals surface area contributed by atoms with Crippen molar-refractivity contribution in [3.63, 3.8) is 0 Å². The molecular formula is C22H22N4O7S. The lowest BCUT2D eigenvalue weighted by Gasteiger charge is -2.11. The van der Waals surface area contributed by atoms with Crippen molar-refractivity contribution in [1.82, 2.24) is 16.2 Å². The Kier molecular flexibility index (Phi) is 10.1. The monoisotopic (exact) mass is 486 g/mol. The molecule has 0 aliphatic heterocycles. The smallest absolute Gasteiger partial charge is 0.338 e. The summed E-state index contributed by atoms with van der Waals surface area (Å²) >= 11 is 4.92. The number of hydrazine groups is 1. The molecule has 0 atom stereocenters. The third kappa shape index (κ3) is 9.04. The lowest BCUT2D eigenvalue weighted by atomic mass is 10.2. The maximum absolute atomic E-state index is 11.9. The van der Waals surface area contributed by atoms with Crippen molar-refractivity contribution in [3.8, 4) is 5.75 Å². The van der Waals surface area contributed by atoms with Crippen LogP contribution >= 0.6 is 12.2 Å². The number of carbonyl (C=O) groups is 3. The van der Waals surface area contributed by atoms with E-state index in [1.807, 2.05) is 6.92 Å². The van der Waals surface area contributed by atoms with Crippen molar-refractivity contribution in [3.05, 3.63) is 75.8 Å². The van der Waals surface area contributed by atoms with Crippen LogP contribution in [0, 0.1) is 10.1 Å². The van der Waals surface area contributed by atoms with Crippen LogP contribution in [-0.4, -0.2) is 41.0 Å². The van der Waals surface area contributed by atoms with Gasteiger partial charge in [-0.2, -0.15) is 0 Å². The Morgan fingerprint density at radius 1 is 1.06 bits per heavy atom. The molecule has 0 aromatic heterocycles. The summed E-state index contributed by atoms with van der Waals surface area (Å²) in [6, 6.07) is 11.7. The Morgan fingerprint density at radius 3 is 2.35 bits per heavy atom. The number of nitrogens with one attached hydrogen (secondary N) is 3. The predicted molar refractivity (Wildman–Crippen MR) is 127 cm³/mol. The van der Waals surface area contributed by atoms with Gasteiger partial charge in [-0.3, -0.25) is 35.9 Å². The van der Waals surface area contributed by atoms with E-state index in [1.54, 1.807) is 0 Å². The van der Waals surface area contributed by atoms with Crippen molar-refractivity contribution in [2.24, 2.45) is 0 Å². The summed E-state index contributed by atoms with van der Waals surface area (Å²) in [7, 11) is 0. The molecule has 2 amide bonds. The molecule has 2 aromatic rings. The number of benzene rings is 2. The van der Waals surface area contributed by atoms with Crippen molar-refractivity contribution < 1.29 is 28.8 Å². The first kappa shape index (κ1) is 25.9. The maximum Gasteiger partial charge on any atom is 0.338 e. The molecule has 0 aliphatic carbocycles. The second kappa shape index (κ2) is 13.3. The SMILES string of the molecule is CCCOC(=O)c1ccc(OCC(=O)NNC(=S)NC(=O)/C=C/c2ccc([N+](=O)[O-])cc2)cc1. The van der Waals surface area contributed by atoms with Crippen LogP contribution in [0.5, 0.6) is 5.75 Å². The number of hydrogen-bond acceptors (Lipinski definition) is 8. The average molecular weight is 487 g/mol. The molecule has 11 nitrogen and oxygen atoms in total. The van der Waals surface area contributed by atoms with Gasteiger partial charge < -0.3 is 9.47 Å². The Labute approximate surface area is 200 Å². The molecule has 0 bridgehead atoms. The first-order valence-corrected chi connectivity index (χ1v) is 10.4. The van der Waals surface area contributed by atoms with E-state index in [0.717, 1.165) is 6.42 Å². The minimum Gasteiger partial charge on any atom is -0.484 e. The van der Waals surface area contributed by atoms with Crippen molar-refractivity contribution in [1.29, 1.82) is 0 Å². The van der Waals surface area contributed by atoms with Crippen LogP contribution in [-0.2, 0) is 14.3 Å². The Balaban J connectivity index is 1.70. The number of thiocarbonyl (C=S) groups is 1. The highest BCUT2D eigenvalue weighted by molar-refractivity contribution is 7.80. The zero-order valence-corrected chi connectivity index (χ0v) is 18.9. The van der Waals surface area contributed by atoms with E-state index >= 15 is 0 Å². The molecule has 3 N–H and O–H groups in total. The van der Waals surface area contributed by atoms with Gasteiger partial charge in [0.2, 0.25) is 5.91 Å². The fourth-order valence-corrected chi connectivity index (χ4v) is 2.49. The van der Waals surface area contributed by atoms with Crippen molar-refractivity contribution >= 4 is 46.9 Å². The first-order valence-electron chi connectivity index (χ1n) is 10.0. The summed E-state index contributed by atoms with van der Waals surface area (Å²) in [5, 5.41) is 12.8. The lowest BCUT2D eigenvalue weighted by Crippen LogP contribution is -2.49. The zero-order valence-electron chi connectivity index (χ0n) is 18.1.